The first-order chi connectivity index (χ1) is 7.13. The minimum atomic E-state index is 0.492. The van der Waals surface area contributed by atoms with Crippen LogP contribution in [0.25, 0.3) is 0 Å². The molecule has 0 spiro atoms. The van der Waals surface area contributed by atoms with E-state index in [1.165, 1.54) is 11.5 Å². The van der Waals surface area contributed by atoms with Gasteiger partial charge in [0.2, 0.25) is 0 Å². The number of aromatic nitrogens is 2. The van der Waals surface area contributed by atoms with Crippen LogP contribution in [0.5, 0.6) is 0 Å². The third-order valence-electron chi connectivity index (χ3n) is 0.960. The molecule has 0 aliphatic heterocycles. The zero-order valence-corrected chi connectivity index (χ0v) is 11.8. The first kappa shape index (κ1) is 15.0. The highest BCUT2D eigenvalue weighted by Gasteiger charge is 1.87. The first-order valence-electron chi connectivity index (χ1n) is 3.77. The van der Waals surface area contributed by atoms with Crippen molar-refractivity contribution in [3.63, 3.8) is 0 Å². The fraction of sp³-hybridized carbons (Fsp3) is 0.333. The van der Waals surface area contributed by atoms with Crippen molar-refractivity contribution in [2.75, 3.05) is 13.1 Å². The highest BCUT2D eigenvalue weighted by atomic mass is 32.1. The largest absolute Gasteiger partial charge is 0.369 e. The fourth-order valence-electron chi connectivity index (χ4n) is 0.475. The second-order valence-electron chi connectivity index (χ2n) is 2.05. The van der Waals surface area contributed by atoms with E-state index in [9.17, 15) is 0 Å². The van der Waals surface area contributed by atoms with Gasteiger partial charge in [-0.3, -0.25) is 0 Å². The summed E-state index contributed by atoms with van der Waals surface area (Å²) in [6.45, 7) is 1.42. The number of nitrogens with zero attached hydrogens (tertiary/aromatic N) is 2. The van der Waals surface area contributed by atoms with Gasteiger partial charge < -0.3 is 10.6 Å². The topological polar surface area (TPSA) is 49.8 Å². The van der Waals surface area contributed by atoms with E-state index in [2.05, 4.69) is 69.9 Å². The summed E-state index contributed by atoms with van der Waals surface area (Å²) in [6.07, 6.45) is 1.66. The van der Waals surface area contributed by atoms with Crippen molar-refractivity contribution in [2.45, 2.75) is 0 Å². The van der Waals surface area contributed by atoms with E-state index in [1.54, 1.807) is 6.20 Å². The minimum Gasteiger partial charge on any atom is -0.369 e. The first-order valence-corrected chi connectivity index (χ1v) is 6.32. The van der Waals surface area contributed by atoms with Crippen LogP contribution in [-0.2, 0) is 0 Å². The lowest BCUT2D eigenvalue weighted by Gasteiger charge is -2.03. The lowest BCUT2D eigenvalue weighted by Crippen LogP contribution is -2.29. The Labute approximate surface area is 114 Å². The van der Waals surface area contributed by atoms with Crippen molar-refractivity contribution >= 4 is 69.9 Å². The normalized spacial score (nSPS) is 8.40. The summed E-state index contributed by atoms with van der Waals surface area (Å²) < 4.78 is 4.50. The fourth-order valence-corrected chi connectivity index (χ4v) is 1.17. The van der Waals surface area contributed by atoms with Crippen LogP contribution in [0.4, 0.5) is 0 Å². The number of hydrogen-bond acceptors (Lipinski definition) is 5. The third-order valence-corrected chi connectivity index (χ3v) is 2.00. The van der Waals surface area contributed by atoms with Gasteiger partial charge in [-0.15, -0.1) is 30.4 Å². The molecular weight excluding hydrogens is 288 g/mol. The molecule has 0 saturated heterocycles. The Balaban J connectivity index is 0.000000322. The summed E-state index contributed by atoms with van der Waals surface area (Å²) in [7, 11) is 0. The molecule has 15 heavy (non-hydrogen) atoms. The Morgan fingerprint density at radius 3 is 1.93 bits per heavy atom. The van der Waals surface area contributed by atoms with Gasteiger partial charge in [0.1, 0.15) is 8.64 Å². The quantitative estimate of drug-likeness (QED) is 0.381. The third kappa shape index (κ3) is 14.0. The molecule has 1 aromatic heterocycles. The van der Waals surface area contributed by atoms with Gasteiger partial charge >= 0.3 is 0 Å². The number of nitrogens with one attached hydrogen (secondary N) is 2. The summed E-state index contributed by atoms with van der Waals surface area (Å²) in [5, 5.41) is 11.0. The molecule has 0 saturated carbocycles. The average Bonchev–Trinajstić information content (AvgIpc) is 2.69. The average molecular weight is 299 g/mol. The number of rotatable bonds is 3. The van der Waals surface area contributed by atoms with Crippen molar-refractivity contribution in [1.82, 2.24) is 20.2 Å². The predicted octanol–water partition coefficient (Wildman–Crippen LogP) is 1.13. The molecule has 0 fully saturated rings. The molecule has 1 aromatic rings. The molecular formula is C6H10N4S5. The van der Waals surface area contributed by atoms with E-state index in [0.29, 0.717) is 21.7 Å². The molecule has 1 heterocycles. The van der Waals surface area contributed by atoms with Crippen molar-refractivity contribution in [2.24, 2.45) is 0 Å². The molecule has 1 rings (SSSR count). The molecule has 84 valence electrons. The SMILES string of the molecule is S=C(S)NCCNC(=S)S.c1csnn1. The standard InChI is InChI=1S/C4H8N2S4.C2H2N2S/c7-3(8)5-1-2-6-4(9)10;1-2-5-4-3-1/h1-2H2,(H2,5,7,8)(H2,6,9,10);1-2H. The van der Waals surface area contributed by atoms with E-state index in [-0.39, 0.29) is 0 Å². The van der Waals surface area contributed by atoms with Crippen LogP contribution < -0.4 is 10.6 Å². The summed E-state index contributed by atoms with van der Waals surface area (Å²) in [6, 6.07) is 0. The second kappa shape index (κ2) is 10.6. The molecule has 0 aromatic carbocycles. The highest BCUT2D eigenvalue weighted by Crippen LogP contribution is 1.78. The predicted molar refractivity (Wildman–Crippen MR) is 79.1 cm³/mol. The van der Waals surface area contributed by atoms with Crippen molar-refractivity contribution in [1.29, 1.82) is 0 Å². The lowest BCUT2D eigenvalue weighted by molar-refractivity contribution is 0.834. The summed E-state index contributed by atoms with van der Waals surface area (Å²) in [4.78, 5) is 0. The highest BCUT2D eigenvalue weighted by molar-refractivity contribution is 8.11. The summed E-state index contributed by atoms with van der Waals surface area (Å²) >= 11 is 18.4. The van der Waals surface area contributed by atoms with Crippen LogP contribution >= 0.6 is 61.2 Å². The van der Waals surface area contributed by atoms with Crippen LogP contribution in [0.2, 0.25) is 0 Å². The van der Waals surface area contributed by atoms with Gasteiger partial charge in [0.15, 0.2) is 0 Å². The molecule has 4 nitrogen and oxygen atoms in total. The lowest BCUT2D eigenvalue weighted by atomic mass is 10.6. The molecule has 2 N–H and O–H groups in total. The van der Waals surface area contributed by atoms with Crippen LogP contribution in [-0.4, -0.2) is 31.3 Å². The summed E-state index contributed by atoms with van der Waals surface area (Å²) in [5.41, 5.74) is 0. The smallest absolute Gasteiger partial charge is 0.130 e. The Kier molecular flexibility index (Phi) is 10.6. The molecule has 0 aliphatic carbocycles. The van der Waals surface area contributed by atoms with E-state index >= 15 is 0 Å². The van der Waals surface area contributed by atoms with Gasteiger partial charge in [-0.1, -0.05) is 28.9 Å². The zero-order chi connectivity index (χ0) is 11.5. The zero-order valence-electron chi connectivity index (χ0n) is 7.58. The Hall–Kier alpha value is 0.0400. The molecule has 0 amide bonds. The molecule has 0 aliphatic rings. The molecule has 9 heteroatoms. The van der Waals surface area contributed by atoms with Gasteiger partial charge in [-0.05, 0) is 11.5 Å². The minimum absolute atomic E-state index is 0.492. The Morgan fingerprint density at radius 2 is 1.73 bits per heavy atom. The van der Waals surface area contributed by atoms with Crippen LogP contribution in [0.3, 0.4) is 0 Å². The van der Waals surface area contributed by atoms with Crippen molar-refractivity contribution in [3.05, 3.63) is 11.6 Å². The second-order valence-corrected chi connectivity index (χ2v) is 5.01. The summed E-state index contributed by atoms with van der Waals surface area (Å²) in [5.74, 6) is 0. The monoisotopic (exact) mass is 298 g/mol. The van der Waals surface area contributed by atoms with E-state index in [0.717, 1.165) is 0 Å². The van der Waals surface area contributed by atoms with Crippen LogP contribution in [0.15, 0.2) is 11.6 Å². The number of thiol groups is 2. The van der Waals surface area contributed by atoms with Gasteiger partial charge in [-0.25, -0.2) is 0 Å². The molecule has 0 radical (unpaired) electrons. The maximum atomic E-state index is 4.65. The van der Waals surface area contributed by atoms with E-state index in [4.69, 9.17) is 0 Å². The van der Waals surface area contributed by atoms with E-state index in [1.807, 2.05) is 5.38 Å². The van der Waals surface area contributed by atoms with Gasteiger partial charge in [-0.2, -0.15) is 0 Å². The molecule has 0 atom stereocenters. The maximum absolute atomic E-state index is 4.65. The van der Waals surface area contributed by atoms with Gasteiger partial charge in [0.25, 0.3) is 0 Å². The molecule has 0 unspecified atom stereocenters. The van der Waals surface area contributed by atoms with Crippen molar-refractivity contribution in [3.8, 4) is 0 Å². The van der Waals surface area contributed by atoms with Gasteiger partial charge in [0.05, 0.1) is 6.20 Å². The molecule has 0 bridgehead atoms. The maximum Gasteiger partial charge on any atom is 0.130 e. The number of hydrogen-bond donors (Lipinski definition) is 4. The van der Waals surface area contributed by atoms with Crippen molar-refractivity contribution < 1.29 is 0 Å². The number of thiocarbonyl (C=S) groups is 2. The Morgan fingerprint density at radius 1 is 1.20 bits per heavy atom. The van der Waals surface area contributed by atoms with Gasteiger partial charge in [0, 0.05) is 18.5 Å². The Bertz CT molecular complexity index is 242. The van der Waals surface area contributed by atoms with Crippen LogP contribution in [0.1, 0.15) is 0 Å². The van der Waals surface area contributed by atoms with E-state index < -0.39 is 0 Å². The van der Waals surface area contributed by atoms with Crippen LogP contribution in [0, 0.1) is 0 Å².